The second-order valence-electron chi connectivity index (χ2n) is 6.68. The van der Waals surface area contributed by atoms with E-state index in [1.807, 2.05) is 13.2 Å². The summed E-state index contributed by atoms with van der Waals surface area (Å²) in [5, 5.41) is 11.9. The Morgan fingerprint density at radius 2 is 1.93 bits per heavy atom. The Hall–Kier alpha value is -2.59. The van der Waals surface area contributed by atoms with Crippen molar-refractivity contribution >= 4 is 29.9 Å². The van der Waals surface area contributed by atoms with E-state index in [1.165, 1.54) is 24.3 Å². The van der Waals surface area contributed by atoms with E-state index in [0.29, 0.717) is 18.8 Å². The van der Waals surface area contributed by atoms with Gasteiger partial charge in [-0.25, -0.2) is 0 Å². The van der Waals surface area contributed by atoms with Crippen molar-refractivity contribution in [2.75, 3.05) is 25.0 Å². The molecule has 0 aliphatic carbocycles. The first-order valence-corrected chi connectivity index (χ1v) is 8.68. The van der Waals surface area contributed by atoms with E-state index in [-0.39, 0.29) is 35.7 Å². The second kappa shape index (κ2) is 9.27. The molecule has 11 heteroatoms. The van der Waals surface area contributed by atoms with Gasteiger partial charge < -0.3 is 16.0 Å². The lowest BCUT2D eigenvalue weighted by molar-refractivity contribution is -0.123. The van der Waals surface area contributed by atoms with Crippen LogP contribution in [0.4, 0.5) is 18.9 Å². The number of aryl methyl sites for hydroxylation is 1. The number of amides is 2. The third-order valence-corrected chi connectivity index (χ3v) is 4.57. The molecule has 3 rings (SSSR count). The normalized spacial score (nSPS) is 18.8. The summed E-state index contributed by atoms with van der Waals surface area (Å²) in [6.07, 6.45) is -0.845. The molecule has 7 nitrogen and oxygen atoms in total. The molecule has 0 bridgehead atoms. The molecule has 1 aromatic heterocycles. The highest BCUT2D eigenvalue weighted by molar-refractivity contribution is 5.96. The van der Waals surface area contributed by atoms with Gasteiger partial charge in [-0.15, -0.1) is 12.4 Å². The highest BCUT2D eigenvalue weighted by Gasteiger charge is 2.34. The van der Waals surface area contributed by atoms with Gasteiger partial charge in [-0.3, -0.25) is 14.3 Å². The summed E-state index contributed by atoms with van der Waals surface area (Å²) in [5.74, 6) is -1.28. The van der Waals surface area contributed by atoms with Gasteiger partial charge in [-0.1, -0.05) is 0 Å². The Bertz CT molecular complexity index is 854. The molecule has 2 amide bonds. The first-order chi connectivity index (χ1) is 13.2. The number of rotatable bonds is 5. The van der Waals surface area contributed by atoms with Crippen LogP contribution in [-0.4, -0.2) is 47.4 Å². The number of aromatic nitrogens is 2. The van der Waals surface area contributed by atoms with E-state index in [0.717, 1.165) is 5.56 Å². The van der Waals surface area contributed by atoms with E-state index in [4.69, 9.17) is 0 Å². The largest absolute Gasteiger partial charge is 0.405 e. The molecule has 0 spiro atoms. The van der Waals surface area contributed by atoms with Crippen LogP contribution in [0.3, 0.4) is 0 Å². The lowest BCUT2D eigenvalue weighted by Gasteiger charge is -2.17. The van der Waals surface area contributed by atoms with Gasteiger partial charge >= 0.3 is 6.18 Å². The molecule has 0 unspecified atom stereocenters. The first kappa shape index (κ1) is 22.7. The number of hydrogen-bond acceptors (Lipinski definition) is 4. The molecule has 0 saturated carbocycles. The molecule has 2 heterocycles. The number of alkyl halides is 3. The first-order valence-electron chi connectivity index (χ1n) is 8.68. The molecular weight excluding hydrogens is 411 g/mol. The van der Waals surface area contributed by atoms with Crippen LogP contribution in [0.1, 0.15) is 21.8 Å². The average molecular weight is 432 g/mol. The van der Waals surface area contributed by atoms with Gasteiger partial charge in [0.25, 0.3) is 5.91 Å². The smallest absolute Gasteiger partial charge is 0.343 e. The zero-order chi connectivity index (χ0) is 20.3. The highest BCUT2D eigenvalue weighted by Crippen LogP contribution is 2.29. The summed E-state index contributed by atoms with van der Waals surface area (Å²) in [5.41, 5.74) is 1.52. The Labute approximate surface area is 171 Å². The lowest BCUT2D eigenvalue weighted by atomic mass is 9.90. The molecule has 1 aliphatic heterocycles. The van der Waals surface area contributed by atoms with Crippen LogP contribution in [0.5, 0.6) is 0 Å². The monoisotopic (exact) mass is 431 g/mol. The quantitative estimate of drug-likeness (QED) is 0.676. The van der Waals surface area contributed by atoms with Crippen LogP contribution >= 0.6 is 12.4 Å². The maximum Gasteiger partial charge on any atom is 0.405 e. The predicted octanol–water partition coefficient (Wildman–Crippen LogP) is 2.08. The third kappa shape index (κ3) is 5.94. The SMILES string of the molecule is Cl.Cn1cc([C@H]2CNC[C@@H]2C(=O)Nc2ccc(C(=O)NCC(F)(F)F)cc2)cn1. The minimum absolute atomic E-state index is 0. The van der Waals surface area contributed by atoms with E-state index < -0.39 is 18.6 Å². The van der Waals surface area contributed by atoms with Crippen molar-refractivity contribution < 1.29 is 22.8 Å². The molecule has 1 saturated heterocycles. The van der Waals surface area contributed by atoms with Gasteiger partial charge in [0.1, 0.15) is 6.54 Å². The number of nitrogens with zero attached hydrogens (tertiary/aromatic N) is 2. The van der Waals surface area contributed by atoms with Crippen LogP contribution in [0.15, 0.2) is 36.7 Å². The number of halogens is 4. The van der Waals surface area contributed by atoms with Crippen LogP contribution in [0.25, 0.3) is 0 Å². The van der Waals surface area contributed by atoms with Gasteiger partial charge in [0.15, 0.2) is 0 Å². The van der Waals surface area contributed by atoms with Crippen molar-refractivity contribution in [3.8, 4) is 0 Å². The zero-order valence-corrected chi connectivity index (χ0v) is 16.3. The van der Waals surface area contributed by atoms with Crippen LogP contribution in [-0.2, 0) is 11.8 Å². The minimum Gasteiger partial charge on any atom is -0.343 e. The van der Waals surface area contributed by atoms with Gasteiger partial charge in [0, 0.05) is 43.5 Å². The topological polar surface area (TPSA) is 88.0 Å². The summed E-state index contributed by atoms with van der Waals surface area (Å²) < 4.78 is 38.2. The molecule has 0 radical (unpaired) electrons. The average Bonchev–Trinajstić information content (AvgIpc) is 3.28. The van der Waals surface area contributed by atoms with Crippen molar-refractivity contribution in [2.45, 2.75) is 12.1 Å². The molecular formula is C18H21ClF3N5O2. The fourth-order valence-electron chi connectivity index (χ4n) is 3.16. The number of hydrogen-bond donors (Lipinski definition) is 3. The fourth-order valence-corrected chi connectivity index (χ4v) is 3.16. The molecule has 1 aromatic carbocycles. The Morgan fingerprint density at radius 3 is 2.52 bits per heavy atom. The van der Waals surface area contributed by atoms with Gasteiger partial charge in [0.2, 0.25) is 5.91 Å². The molecule has 158 valence electrons. The zero-order valence-electron chi connectivity index (χ0n) is 15.5. The maximum atomic E-state index is 12.7. The predicted molar refractivity (Wildman–Crippen MR) is 103 cm³/mol. The molecule has 1 fully saturated rings. The van der Waals surface area contributed by atoms with Gasteiger partial charge in [-0.2, -0.15) is 18.3 Å². The Morgan fingerprint density at radius 1 is 1.24 bits per heavy atom. The highest BCUT2D eigenvalue weighted by atomic mass is 35.5. The van der Waals surface area contributed by atoms with E-state index in [9.17, 15) is 22.8 Å². The molecule has 3 N–H and O–H groups in total. The van der Waals surface area contributed by atoms with E-state index in [1.54, 1.807) is 16.2 Å². The van der Waals surface area contributed by atoms with Gasteiger partial charge in [-0.05, 0) is 29.8 Å². The van der Waals surface area contributed by atoms with Crippen molar-refractivity contribution in [1.29, 1.82) is 0 Å². The summed E-state index contributed by atoms with van der Waals surface area (Å²) in [6.45, 7) is -0.194. The standard InChI is InChI=1S/C18H20F3N5O2.ClH/c1-26-9-12(6-24-26)14-7-22-8-15(14)17(28)25-13-4-2-11(3-5-13)16(27)23-10-18(19,20)21;/h2-6,9,14-15,22H,7-8,10H2,1H3,(H,23,27)(H,25,28);1H/t14-,15+;/m1./s1. The van der Waals surface area contributed by atoms with Crippen molar-refractivity contribution in [1.82, 2.24) is 20.4 Å². The van der Waals surface area contributed by atoms with Crippen molar-refractivity contribution in [3.63, 3.8) is 0 Å². The summed E-state index contributed by atoms with van der Waals surface area (Å²) in [7, 11) is 1.81. The Kier molecular flexibility index (Phi) is 7.26. The Balaban J connectivity index is 0.00000300. The fraction of sp³-hybridized carbons (Fsp3) is 0.389. The number of anilines is 1. The number of nitrogens with one attached hydrogen (secondary N) is 3. The van der Waals surface area contributed by atoms with Crippen LogP contribution in [0, 0.1) is 5.92 Å². The second-order valence-corrected chi connectivity index (χ2v) is 6.68. The van der Waals surface area contributed by atoms with Gasteiger partial charge in [0.05, 0.1) is 12.1 Å². The van der Waals surface area contributed by atoms with Crippen LogP contribution < -0.4 is 16.0 Å². The molecule has 1 aliphatic rings. The molecule has 29 heavy (non-hydrogen) atoms. The summed E-state index contributed by atoms with van der Waals surface area (Å²) in [4.78, 5) is 24.4. The molecule has 2 aromatic rings. The van der Waals surface area contributed by atoms with Crippen molar-refractivity contribution in [2.24, 2.45) is 13.0 Å². The number of carbonyl (C=O) groups excluding carboxylic acids is 2. The van der Waals surface area contributed by atoms with Crippen molar-refractivity contribution in [3.05, 3.63) is 47.8 Å². The maximum absolute atomic E-state index is 12.7. The van der Waals surface area contributed by atoms with Crippen LogP contribution in [0.2, 0.25) is 0 Å². The number of benzene rings is 1. The lowest BCUT2D eigenvalue weighted by Crippen LogP contribution is -2.33. The molecule has 2 atom stereocenters. The summed E-state index contributed by atoms with van der Waals surface area (Å²) >= 11 is 0. The van der Waals surface area contributed by atoms with E-state index >= 15 is 0 Å². The minimum atomic E-state index is -4.47. The van der Waals surface area contributed by atoms with E-state index in [2.05, 4.69) is 15.7 Å². The number of carbonyl (C=O) groups is 2. The third-order valence-electron chi connectivity index (χ3n) is 4.57. The summed E-state index contributed by atoms with van der Waals surface area (Å²) in [6, 6.07) is 5.71.